The fourth-order valence-corrected chi connectivity index (χ4v) is 11.9. The molecule has 402 valence electrons. The number of nitrogens with zero attached hydrogens (tertiary/aromatic N) is 5. The van der Waals surface area contributed by atoms with E-state index >= 15 is 0 Å². The maximum atomic E-state index is 10.3. The summed E-state index contributed by atoms with van der Waals surface area (Å²) in [4.78, 5) is 13.8. The van der Waals surface area contributed by atoms with Gasteiger partial charge in [0.05, 0.1) is 43.4 Å². The first kappa shape index (κ1) is 42.2. The molecule has 81 heavy (non-hydrogen) atoms. The molecule has 0 radical (unpaired) electrons. The van der Waals surface area contributed by atoms with E-state index in [4.69, 9.17) is 9.72 Å². The monoisotopic (exact) mass is 1070 g/mol. The van der Waals surface area contributed by atoms with Crippen LogP contribution >= 0.6 is 0 Å². The summed E-state index contributed by atoms with van der Waals surface area (Å²) in [6.07, 6.45) is 3.30. The van der Waals surface area contributed by atoms with Gasteiger partial charge >= 0.3 is 0 Å². The van der Waals surface area contributed by atoms with E-state index in [2.05, 4.69) is 73.9 Å². The van der Waals surface area contributed by atoms with Crippen molar-refractivity contribution in [1.82, 2.24) is 14.5 Å². The molecular weight excluding hydrogens is 987 g/mol. The molecule has 6 heteroatoms. The van der Waals surface area contributed by atoms with E-state index < -0.39 is 17.2 Å². The summed E-state index contributed by atoms with van der Waals surface area (Å²) >= 11 is 0. The molecule has 13 rings (SSSR count). The predicted octanol–water partition coefficient (Wildman–Crippen LogP) is 20.1. The molecule has 0 N–H and O–H groups in total. The van der Waals surface area contributed by atoms with Crippen molar-refractivity contribution < 1.29 is 17.1 Å². The van der Waals surface area contributed by atoms with Crippen LogP contribution in [0.4, 0.5) is 22.7 Å². The Morgan fingerprint density at radius 3 is 2.01 bits per heavy atom. The van der Waals surface area contributed by atoms with Crippen LogP contribution in [0, 0.1) is 5.92 Å². The van der Waals surface area contributed by atoms with Gasteiger partial charge in [-0.3, -0.25) is 9.55 Å². The fourth-order valence-electron chi connectivity index (χ4n) is 11.9. The lowest BCUT2D eigenvalue weighted by atomic mass is 9.63. The molecule has 0 bridgehead atoms. The van der Waals surface area contributed by atoms with Gasteiger partial charge in [-0.05, 0) is 147 Å². The maximum Gasteiger partial charge on any atom is 0.137 e. The number of para-hydroxylation sites is 4. The SMILES string of the molecule is [2H]c1c([2H])c(-c2cccc(-c3c([2H])c([2H])c4c(c3[2H])C(C)(C)CCC4(C)C)c2N2CN(c3cccc(Oc4ccc5c6ccccc6n(-c6cc(C([2H])([2H])C(C)C)c(-c7ccccn7)cn6)c5c4)c3)c3ccccc32)c([2H])c([2H])c1-c1cccc(C(C)(C)C)c1. The Kier molecular flexibility index (Phi) is 10.5. The van der Waals surface area contributed by atoms with Crippen molar-refractivity contribution in [3.63, 3.8) is 0 Å². The second-order valence-corrected chi connectivity index (χ2v) is 24.3. The van der Waals surface area contributed by atoms with Crippen molar-refractivity contribution in [2.45, 2.75) is 97.8 Å². The third kappa shape index (κ3) is 9.54. The molecular formula is C75H71N5O. The second-order valence-electron chi connectivity index (χ2n) is 24.3. The zero-order chi connectivity index (χ0) is 63.7. The van der Waals surface area contributed by atoms with E-state index in [1.165, 1.54) is 0 Å². The van der Waals surface area contributed by atoms with E-state index in [0.717, 1.165) is 62.8 Å². The molecule has 1 aliphatic heterocycles. The van der Waals surface area contributed by atoms with Crippen molar-refractivity contribution in [1.29, 1.82) is 0 Å². The molecule has 2 aliphatic rings. The number of anilines is 4. The van der Waals surface area contributed by atoms with E-state index in [1.807, 2.05) is 159 Å². The summed E-state index contributed by atoms with van der Waals surface area (Å²) in [5, 5.41) is 1.97. The van der Waals surface area contributed by atoms with Gasteiger partial charge in [0.25, 0.3) is 0 Å². The largest absolute Gasteiger partial charge is 0.457 e. The Balaban J connectivity index is 0.944. The zero-order valence-corrected chi connectivity index (χ0v) is 47.5. The summed E-state index contributed by atoms with van der Waals surface area (Å²) in [5.41, 5.74) is 9.58. The molecule has 0 saturated carbocycles. The molecule has 1 aliphatic carbocycles. The van der Waals surface area contributed by atoms with Gasteiger partial charge in [0, 0.05) is 60.4 Å². The van der Waals surface area contributed by atoms with Crippen LogP contribution < -0.4 is 14.5 Å². The van der Waals surface area contributed by atoms with Crippen LogP contribution in [0.15, 0.2) is 212 Å². The molecule has 3 aromatic heterocycles. The van der Waals surface area contributed by atoms with Crippen LogP contribution in [-0.4, -0.2) is 21.2 Å². The minimum atomic E-state index is -1.72. The Hall–Kier alpha value is -8.74. The Morgan fingerprint density at radius 2 is 1.25 bits per heavy atom. The predicted molar refractivity (Wildman–Crippen MR) is 339 cm³/mol. The van der Waals surface area contributed by atoms with Gasteiger partial charge in [0.15, 0.2) is 0 Å². The molecule has 0 atom stereocenters. The first-order valence-corrected chi connectivity index (χ1v) is 28.2. The number of pyridine rings is 2. The molecule has 0 unspecified atom stereocenters. The Morgan fingerprint density at radius 1 is 0.580 bits per heavy atom. The van der Waals surface area contributed by atoms with E-state index in [9.17, 15) is 12.3 Å². The van der Waals surface area contributed by atoms with E-state index in [0.29, 0.717) is 62.1 Å². The van der Waals surface area contributed by atoms with Crippen LogP contribution in [0.3, 0.4) is 0 Å². The molecule has 0 fully saturated rings. The highest BCUT2D eigenvalue weighted by Crippen LogP contribution is 2.53. The normalized spacial score (nSPS) is 16.4. The average Bonchev–Trinajstić information content (AvgIpc) is 0.840. The first-order valence-electron chi connectivity index (χ1n) is 32.7. The number of hydrogen-bond donors (Lipinski definition) is 0. The van der Waals surface area contributed by atoms with Gasteiger partial charge in [-0.1, -0.05) is 190 Å². The van der Waals surface area contributed by atoms with Crippen molar-refractivity contribution in [2.75, 3.05) is 16.5 Å². The van der Waals surface area contributed by atoms with Crippen LogP contribution in [-0.2, 0) is 22.6 Å². The standard InChI is InChI=1S/C75H71N5O/c1-49(2)41-54-44-71(77-47-63(54)66-26-14-15-40-76-66)80-67-27-11-10-23-61(67)62-36-35-58(46-70(62)80)81-57-22-17-21-56(45-57)78-48-79(69-29-13-12-28-68(69)78)72-59(51-32-30-50(31-33-51)52-19-16-20-55(42-52)73(3,4)5)24-18-25-60(72)53-34-37-64-65(43-53)75(8,9)39-38-74(64,6)7/h10-37,40,42-47,49H,38-39,41,48H2,1-9H3/i30D,31D,32D,33D,34D,37D,41D2,43D. The van der Waals surface area contributed by atoms with Gasteiger partial charge < -0.3 is 14.5 Å². The molecule has 8 aromatic carbocycles. The Bertz CT molecular complexity index is 4690. The number of ether oxygens (including phenoxy) is 1. The number of hydrogen-bond acceptors (Lipinski definition) is 5. The molecule has 0 amide bonds. The lowest BCUT2D eigenvalue weighted by molar-refractivity contribution is 0.332. The number of aromatic nitrogens is 3. The van der Waals surface area contributed by atoms with Crippen molar-refractivity contribution in [3.8, 4) is 62.0 Å². The van der Waals surface area contributed by atoms with Gasteiger partial charge in [0.1, 0.15) is 24.0 Å². The molecule has 0 spiro atoms. The van der Waals surface area contributed by atoms with Crippen molar-refractivity contribution >= 4 is 44.6 Å². The third-order valence-electron chi connectivity index (χ3n) is 16.3. The fraction of sp³-hybridized carbons (Fsp3) is 0.227. The second kappa shape index (κ2) is 20.1. The first-order chi connectivity index (χ1) is 42.8. The summed E-state index contributed by atoms with van der Waals surface area (Å²) in [6.45, 7) is 18.7. The maximum absolute atomic E-state index is 10.3. The van der Waals surface area contributed by atoms with Crippen molar-refractivity contribution in [3.05, 3.63) is 235 Å². The Labute approximate surface area is 491 Å². The average molecular weight is 1070 g/mol. The third-order valence-corrected chi connectivity index (χ3v) is 16.3. The minimum Gasteiger partial charge on any atom is -0.457 e. The van der Waals surface area contributed by atoms with Crippen LogP contribution in [0.2, 0.25) is 0 Å². The van der Waals surface area contributed by atoms with Gasteiger partial charge in [-0.2, -0.15) is 0 Å². The molecule has 4 heterocycles. The summed E-state index contributed by atoms with van der Waals surface area (Å²) in [6, 6.07) is 49.8. The minimum absolute atomic E-state index is 0.0733. The zero-order valence-electron chi connectivity index (χ0n) is 56.5. The highest BCUT2D eigenvalue weighted by atomic mass is 16.5. The lowest BCUT2D eigenvalue weighted by Gasteiger charge is -2.42. The quantitative estimate of drug-likeness (QED) is 0.129. The van der Waals surface area contributed by atoms with Crippen LogP contribution in [0.5, 0.6) is 11.5 Å². The summed E-state index contributed by atoms with van der Waals surface area (Å²) in [7, 11) is 0. The number of rotatable bonds is 11. The van der Waals surface area contributed by atoms with Gasteiger partial charge in [0.2, 0.25) is 0 Å². The topological polar surface area (TPSA) is 46.4 Å². The van der Waals surface area contributed by atoms with Crippen LogP contribution in [0.25, 0.3) is 72.3 Å². The highest BCUT2D eigenvalue weighted by molar-refractivity contribution is 6.09. The molecule has 0 saturated heterocycles. The number of fused-ring (bicyclic) bond motifs is 5. The van der Waals surface area contributed by atoms with Crippen molar-refractivity contribution in [2.24, 2.45) is 5.92 Å². The number of benzene rings is 8. The van der Waals surface area contributed by atoms with E-state index in [1.54, 1.807) is 18.5 Å². The van der Waals surface area contributed by atoms with Gasteiger partial charge in [-0.25, -0.2) is 4.98 Å². The van der Waals surface area contributed by atoms with Gasteiger partial charge in [-0.15, -0.1) is 0 Å². The lowest BCUT2D eigenvalue weighted by Crippen LogP contribution is -2.33. The summed E-state index contributed by atoms with van der Waals surface area (Å²) < 4.78 is 96.8. The molecule has 6 nitrogen and oxygen atoms in total. The van der Waals surface area contributed by atoms with Crippen LogP contribution in [0.1, 0.15) is 110 Å². The van der Waals surface area contributed by atoms with E-state index in [-0.39, 0.29) is 77.0 Å². The highest BCUT2D eigenvalue weighted by Gasteiger charge is 2.38. The molecule has 11 aromatic rings. The summed E-state index contributed by atoms with van der Waals surface area (Å²) in [5.74, 6) is 1.31. The smallest absolute Gasteiger partial charge is 0.137 e.